The standard InChI is InChI=1S/C23H29NO5/c1-11(2)19(10-25)24-20(26)8-7-16-13(4)18-9-17-12(3)15(6)28-21(17)14(5)22(18)29-23(16)27/h9,11,19,25H,7-8,10H2,1-6H3,(H,24,26). The molecule has 2 N–H and O–H groups in total. The summed E-state index contributed by atoms with van der Waals surface area (Å²) in [5, 5.41) is 14.1. The number of rotatable bonds is 6. The molecule has 0 spiro atoms. The third kappa shape index (κ3) is 3.81. The zero-order chi connectivity index (χ0) is 21.5. The van der Waals surface area contributed by atoms with Gasteiger partial charge < -0.3 is 19.3 Å². The largest absolute Gasteiger partial charge is 0.461 e. The fourth-order valence-electron chi connectivity index (χ4n) is 3.72. The van der Waals surface area contributed by atoms with Crippen LogP contribution in [-0.4, -0.2) is 23.7 Å². The number of aryl methyl sites for hydroxylation is 4. The lowest BCUT2D eigenvalue weighted by Gasteiger charge is -2.19. The Morgan fingerprint density at radius 3 is 2.28 bits per heavy atom. The molecule has 1 atom stereocenters. The van der Waals surface area contributed by atoms with Crippen LogP contribution in [-0.2, 0) is 11.2 Å². The summed E-state index contributed by atoms with van der Waals surface area (Å²) in [5.41, 5.74) is 4.06. The zero-order valence-corrected chi connectivity index (χ0v) is 17.9. The summed E-state index contributed by atoms with van der Waals surface area (Å²) in [7, 11) is 0. The van der Waals surface area contributed by atoms with Gasteiger partial charge in [-0.3, -0.25) is 4.79 Å². The van der Waals surface area contributed by atoms with Gasteiger partial charge in [0, 0.05) is 28.3 Å². The van der Waals surface area contributed by atoms with Crippen LogP contribution in [0.4, 0.5) is 0 Å². The highest BCUT2D eigenvalue weighted by molar-refractivity contribution is 6.00. The topological polar surface area (TPSA) is 92.7 Å². The molecule has 156 valence electrons. The maximum Gasteiger partial charge on any atom is 0.339 e. The molecule has 0 saturated carbocycles. The van der Waals surface area contributed by atoms with E-state index in [1.54, 1.807) is 0 Å². The Labute approximate surface area is 169 Å². The number of carbonyl (C=O) groups is 1. The number of hydrogen-bond acceptors (Lipinski definition) is 5. The highest BCUT2D eigenvalue weighted by Crippen LogP contribution is 2.34. The second-order valence-corrected chi connectivity index (χ2v) is 8.13. The smallest absolute Gasteiger partial charge is 0.339 e. The molecule has 0 radical (unpaired) electrons. The van der Waals surface area contributed by atoms with Gasteiger partial charge >= 0.3 is 5.63 Å². The fraction of sp³-hybridized carbons (Fsp3) is 0.478. The summed E-state index contributed by atoms with van der Waals surface area (Å²) >= 11 is 0. The van der Waals surface area contributed by atoms with Crippen molar-refractivity contribution in [1.29, 1.82) is 0 Å². The predicted molar refractivity (Wildman–Crippen MR) is 113 cm³/mol. The first-order chi connectivity index (χ1) is 13.6. The molecule has 0 aliphatic rings. The highest BCUT2D eigenvalue weighted by Gasteiger charge is 2.20. The SMILES string of the molecule is Cc1oc2c(C)c3oc(=O)c(CCC(=O)NC(CO)C(C)C)c(C)c3cc2c1C. The van der Waals surface area contributed by atoms with Crippen LogP contribution in [0.3, 0.4) is 0 Å². The quantitative estimate of drug-likeness (QED) is 0.615. The first-order valence-corrected chi connectivity index (χ1v) is 10.0. The van der Waals surface area contributed by atoms with E-state index in [1.807, 2.05) is 47.6 Å². The number of nitrogens with one attached hydrogen (secondary N) is 1. The van der Waals surface area contributed by atoms with Crippen LogP contribution < -0.4 is 10.9 Å². The Balaban J connectivity index is 1.97. The summed E-state index contributed by atoms with van der Waals surface area (Å²) in [6.07, 6.45) is 0.443. The van der Waals surface area contributed by atoms with E-state index in [0.29, 0.717) is 11.1 Å². The van der Waals surface area contributed by atoms with Crippen molar-refractivity contribution < 1.29 is 18.7 Å². The number of aliphatic hydroxyl groups is 1. The maximum absolute atomic E-state index is 12.6. The molecule has 2 heterocycles. The van der Waals surface area contributed by atoms with Crippen molar-refractivity contribution in [3.8, 4) is 0 Å². The van der Waals surface area contributed by atoms with Crippen LogP contribution in [0.15, 0.2) is 19.7 Å². The Hall–Kier alpha value is -2.60. The van der Waals surface area contributed by atoms with Gasteiger partial charge in [-0.15, -0.1) is 0 Å². The number of amides is 1. The maximum atomic E-state index is 12.6. The Kier molecular flexibility index (Phi) is 5.85. The third-order valence-electron chi connectivity index (χ3n) is 5.89. The molecule has 29 heavy (non-hydrogen) atoms. The minimum Gasteiger partial charge on any atom is -0.461 e. The molecule has 0 saturated heterocycles. The number of hydrogen-bond donors (Lipinski definition) is 2. The van der Waals surface area contributed by atoms with Crippen molar-refractivity contribution >= 4 is 27.8 Å². The van der Waals surface area contributed by atoms with E-state index in [1.165, 1.54) is 0 Å². The number of benzene rings is 1. The van der Waals surface area contributed by atoms with E-state index >= 15 is 0 Å². The summed E-state index contributed by atoms with van der Waals surface area (Å²) in [5.74, 6) is 0.784. The van der Waals surface area contributed by atoms with Crippen molar-refractivity contribution in [1.82, 2.24) is 5.32 Å². The van der Waals surface area contributed by atoms with Gasteiger partial charge in [0.2, 0.25) is 5.91 Å². The average Bonchev–Trinajstić information content (AvgIpc) is 2.95. The van der Waals surface area contributed by atoms with Gasteiger partial charge in [-0.1, -0.05) is 13.8 Å². The lowest BCUT2D eigenvalue weighted by atomic mass is 9.98. The van der Waals surface area contributed by atoms with Gasteiger partial charge in [0.1, 0.15) is 16.9 Å². The highest BCUT2D eigenvalue weighted by atomic mass is 16.4. The lowest BCUT2D eigenvalue weighted by molar-refractivity contribution is -0.122. The average molecular weight is 399 g/mol. The number of furan rings is 1. The molecule has 6 heteroatoms. The van der Waals surface area contributed by atoms with Crippen LogP contribution in [0.25, 0.3) is 21.9 Å². The molecule has 6 nitrogen and oxygen atoms in total. The van der Waals surface area contributed by atoms with Crippen molar-refractivity contribution in [2.24, 2.45) is 5.92 Å². The lowest BCUT2D eigenvalue weighted by Crippen LogP contribution is -2.41. The summed E-state index contributed by atoms with van der Waals surface area (Å²) in [6, 6.07) is 1.71. The van der Waals surface area contributed by atoms with E-state index < -0.39 is 5.63 Å². The van der Waals surface area contributed by atoms with Crippen LogP contribution in [0.2, 0.25) is 0 Å². The number of fused-ring (bicyclic) bond motifs is 2. The van der Waals surface area contributed by atoms with Crippen molar-refractivity contribution in [3.63, 3.8) is 0 Å². The molecule has 1 amide bonds. The van der Waals surface area contributed by atoms with E-state index in [-0.39, 0.29) is 37.3 Å². The van der Waals surface area contributed by atoms with Gasteiger partial charge in [-0.25, -0.2) is 4.79 Å². The minimum absolute atomic E-state index is 0.112. The molecule has 3 aromatic rings. The monoisotopic (exact) mass is 399 g/mol. The third-order valence-corrected chi connectivity index (χ3v) is 5.89. The molecule has 0 bridgehead atoms. The molecule has 0 aliphatic heterocycles. The van der Waals surface area contributed by atoms with Crippen LogP contribution in [0.5, 0.6) is 0 Å². The molecule has 1 aromatic carbocycles. The predicted octanol–water partition coefficient (Wildman–Crippen LogP) is 3.84. The van der Waals surface area contributed by atoms with E-state index in [0.717, 1.165) is 38.8 Å². The van der Waals surface area contributed by atoms with Crippen molar-refractivity contribution in [2.75, 3.05) is 6.61 Å². The van der Waals surface area contributed by atoms with Crippen LogP contribution in [0, 0.1) is 33.6 Å². The number of carbonyl (C=O) groups excluding carboxylic acids is 1. The van der Waals surface area contributed by atoms with Gasteiger partial charge in [0.25, 0.3) is 0 Å². The van der Waals surface area contributed by atoms with Gasteiger partial charge in [-0.2, -0.15) is 0 Å². The molecular weight excluding hydrogens is 370 g/mol. The molecule has 0 fully saturated rings. The fourth-order valence-corrected chi connectivity index (χ4v) is 3.72. The van der Waals surface area contributed by atoms with E-state index in [9.17, 15) is 14.7 Å². The summed E-state index contributed by atoms with van der Waals surface area (Å²) in [6.45, 7) is 11.5. The zero-order valence-electron chi connectivity index (χ0n) is 17.9. The first kappa shape index (κ1) is 21.1. The Morgan fingerprint density at radius 2 is 1.66 bits per heavy atom. The second kappa shape index (κ2) is 8.03. The first-order valence-electron chi connectivity index (χ1n) is 10.0. The Bertz CT molecular complexity index is 1140. The van der Waals surface area contributed by atoms with E-state index in [2.05, 4.69) is 5.32 Å². The summed E-state index contributed by atoms with van der Waals surface area (Å²) in [4.78, 5) is 24.9. The Morgan fingerprint density at radius 1 is 1.03 bits per heavy atom. The normalized spacial score (nSPS) is 12.8. The van der Waals surface area contributed by atoms with Gasteiger partial charge in [0.15, 0.2) is 0 Å². The van der Waals surface area contributed by atoms with E-state index in [4.69, 9.17) is 8.83 Å². The molecular formula is C23H29NO5. The molecule has 3 rings (SSSR count). The van der Waals surface area contributed by atoms with Gasteiger partial charge in [-0.05, 0) is 57.2 Å². The molecule has 0 aliphatic carbocycles. The molecule has 1 unspecified atom stereocenters. The van der Waals surface area contributed by atoms with Crippen molar-refractivity contribution in [2.45, 2.75) is 60.4 Å². The minimum atomic E-state index is -0.423. The number of aliphatic hydroxyl groups excluding tert-OH is 1. The van der Waals surface area contributed by atoms with Crippen LogP contribution in [0.1, 0.15) is 48.3 Å². The van der Waals surface area contributed by atoms with Crippen molar-refractivity contribution in [3.05, 3.63) is 44.5 Å². The van der Waals surface area contributed by atoms with Crippen LogP contribution >= 0.6 is 0 Å². The second-order valence-electron chi connectivity index (χ2n) is 8.13. The van der Waals surface area contributed by atoms with Gasteiger partial charge in [0.05, 0.1) is 12.6 Å². The summed E-state index contributed by atoms with van der Waals surface area (Å²) < 4.78 is 11.5. The molecule has 2 aromatic heterocycles.